The summed E-state index contributed by atoms with van der Waals surface area (Å²) in [6.45, 7) is 2.60. The van der Waals surface area contributed by atoms with Gasteiger partial charge in [0.2, 0.25) is 0 Å². The van der Waals surface area contributed by atoms with Gasteiger partial charge in [-0.15, -0.1) is 0 Å². The fraction of sp³-hybridized carbons (Fsp3) is 0.400. The fourth-order valence-corrected chi connectivity index (χ4v) is 1.75. The molecule has 1 unspecified atom stereocenters. The summed E-state index contributed by atoms with van der Waals surface area (Å²) in [6, 6.07) is 10.6. The van der Waals surface area contributed by atoms with E-state index in [2.05, 4.69) is 29.5 Å². The summed E-state index contributed by atoms with van der Waals surface area (Å²) >= 11 is 0. The summed E-state index contributed by atoms with van der Waals surface area (Å²) in [5, 5.41) is 6.88. The first kappa shape index (κ1) is 13.6. The summed E-state index contributed by atoms with van der Waals surface area (Å²) in [6.07, 6.45) is 3.82. The lowest BCUT2D eigenvalue weighted by atomic mass is 10.1. The van der Waals surface area contributed by atoms with Gasteiger partial charge in [0.1, 0.15) is 12.4 Å². The number of nitrogens with one attached hydrogen (secondary N) is 1. The highest BCUT2D eigenvalue weighted by molar-refractivity contribution is 5.27. The van der Waals surface area contributed by atoms with Gasteiger partial charge in [-0.05, 0) is 44.5 Å². The van der Waals surface area contributed by atoms with Gasteiger partial charge in [0.15, 0.2) is 5.76 Å². The zero-order valence-electron chi connectivity index (χ0n) is 11.4. The van der Waals surface area contributed by atoms with E-state index in [1.807, 2.05) is 19.2 Å². The fourth-order valence-electron chi connectivity index (χ4n) is 1.75. The molecule has 0 aliphatic rings. The third-order valence-corrected chi connectivity index (χ3v) is 3.15. The Kier molecular flexibility index (Phi) is 4.98. The van der Waals surface area contributed by atoms with E-state index in [1.54, 1.807) is 12.3 Å². The molecule has 0 amide bonds. The minimum absolute atomic E-state index is 0.413. The average Bonchev–Trinajstić information content (AvgIpc) is 2.97. The van der Waals surface area contributed by atoms with E-state index in [1.165, 1.54) is 5.56 Å². The second-order valence-electron chi connectivity index (χ2n) is 4.64. The topological polar surface area (TPSA) is 47.3 Å². The van der Waals surface area contributed by atoms with Crippen molar-refractivity contribution in [3.05, 3.63) is 47.9 Å². The lowest BCUT2D eigenvalue weighted by Crippen LogP contribution is -2.21. The molecular weight excluding hydrogens is 240 g/mol. The molecule has 4 heteroatoms. The van der Waals surface area contributed by atoms with Crippen molar-refractivity contribution in [1.82, 2.24) is 10.5 Å². The predicted octanol–water partition coefficient (Wildman–Crippen LogP) is 2.79. The number of aryl methyl sites for hydroxylation is 1. The number of hydrogen-bond donors (Lipinski definition) is 1. The van der Waals surface area contributed by atoms with E-state index in [0.29, 0.717) is 12.6 Å². The molecule has 1 N–H and O–H groups in total. The highest BCUT2D eigenvalue weighted by atomic mass is 16.5. The van der Waals surface area contributed by atoms with Crippen LogP contribution in [-0.2, 0) is 13.0 Å². The van der Waals surface area contributed by atoms with Crippen molar-refractivity contribution in [1.29, 1.82) is 0 Å². The highest BCUT2D eigenvalue weighted by Crippen LogP contribution is 2.15. The predicted molar refractivity (Wildman–Crippen MR) is 74.1 cm³/mol. The Morgan fingerprint density at radius 2 is 2.05 bits per heavy atom. The number of nitrogens with zero attached hydrogens (tertiary/aromatic N) is 1. The molecule has 0 fully saturated rings. The molecular formula is C15H20N2O2. The van der Waals surface area contributed by atoms with Gasteiger partial charge < -0.3 is 14.6 Å². The van der Waals surface area contributed by atoms with E-state index in [9.17, 15) is 0 Å². The maximum atomic E-state index is 5.61. The molecule has 1 aromatic heterocycles. The van der Waals surface area contributed by atoms with Crippen molar-refractivity contribution in [2.45, 2.75) is 32.4 Å². The molecule has 1 heterocycles. The molecule has 2 rings (SSSR count). The Labute approximate surface area is 113 Å². The molecule has 4 nitrogen and oxygen atoms in total. The minimum Gasteiger partial charge on any atom is -0.486 e. The molecule has 0 aliphatic heterocycles. The molecule has 1 aromatic carbocycles. The molecule has 1 atom stereocenters. The molecule has 102 valence electrons. The van der Waals surface area contributed by atoms with Crippen LogP contribution in [0.5, 0.6) is 5.75 Å². The Morgan fingerprint density at radius 3 is 2.68 bits per heavy atom. The van der Waals surface area contributed by atoms with Gasteiger partial charge in [0.05, 0.1) is 6.20 Å². The summed E-state index contributed by atoms with van der Waals surface area (Å²) in [5.74, 6) is 1.58. The van der Waals surface area contributed by atoms with Crippen LogP contribution in [-0.4, -0.2) is 18.2 Å². The van der Waals surface area contributed by atoms with Crippen molar-refractivity contribution >= 4 is 0 Å². The second kappa shape index (κ2) is 6.95. The maximum absolute atomic E-state index is 5.61. The van der Waals surface area contributed by atoms with Crippen LogP contribution in [0.1, 0.15) is 24.7 Å². The average molecular weight is 260 g/mol. The molecule has 0 saturated carbocycles. The summed E-state index contributed by atoms with van der Waals surface area (Å²) in [4.78, 5) is 0. The SMILES string of the molecule is CNC(C)CCc1ccc(OCc2ccno2)cc1. The van der Waals surface area contributed by atoms with Gasteiger partial charge in [-0.1, -0.05) is 17.3 Å². The van der Waals surface area contributed by atoms with Crippen molar-refractivity contribution in [2.75, 3.05) is 7.05 Å². The van der Waals surface area contributed by atoms with Crippen LogP contribution in [0, 0.1) is 0 Å². The smallest absolute Gasteiger partial charge is 0.174 e. The van der Waals surface area contributed by atoms with Crippen LogP contribution < -0.4 is 10.1 Å². The van der Waals surface area contributed by atoms with Gasteiger partial charge in [0, 0.05) is 12.1 Å². The van der Waals surface area contributed by atoms with Gasteiger partial charge in [-0.3, -0.25) is 0 Å². The minimum atomic E-state index is 0.413. The first-order valence-corrected chi connectivity index (χ1v) is 6.56. The molecule has 0 spiro atoms. The Hall–Kier alpha value is -1.81. The molecule has 0 bridgehead atoms. The second-order valence-corrected chi connectivity index (χ2v) is 4.64. The Morgan fingerprint density at radius 1 is 1.26 bits per heavy atom. The lowest BCUT2D eigenvalue weighted by Gasteiger charge is -2.10. The quantitative estimate of drug-likeness (QED) is 0.831. The number of hydrogen-bond acceptors (Lipinski definition) is 4. The van der Waals surface area contributed by atoms with Gasteiger partial charge >= 0.3 is 0 Å². The van der Waals surface area contributed by atoms with Crippen LogP contribution in [0.3, 0.4) is 0 Å². The summed E-state index contributed by atoms with van der Waals surface area (Å²) < 4.78 is 10.6. The van der Waals surface area contributed by atoms with Gasteiger partial charge in [-0.2, -0.15) is 0 Å². The zero-order chi connectivity index (χ0) is 13.5. The highest BCUT2D eigenvalue weighted by Gasteiger charge is 2.01. The molecule has 0 aliphatic carbocycles. The number of aromatic nitrogens is 1. The van der Waals surface area contributed by atoms with Crippen LogP contribution >= 0.6 is 0 Å². The number of rotatable bonds is 7. The van der Waals surface area contributed by atoms with Crippen molar-refractivity contribution < 1.29 is 9.26 Å². The molecule has 0 saturated heterocycles. The van der Waals surface area contributed by atoms with Crippen LogP contribution in [0.15, 0.2) is 41.1 Å². The van der Waals surface area contributed by atoms with E-state index in [0.717, 1.165) is 24.4 Å². The normalized spacial score (nSPS) is 12.3. The van der Waals surface area contributed by atoms with Gasteiger partial charge in [0.25, 0.3) is 0 Å². The Bertz CT molecular complexity index is 465. The summed E-state index contributed by atoms with van der Waals surface area (Å²) in [7, 11) is 1.99. The molecule has 19 heavy (non-hydrogen) atoms. The van der Waals surface area contributed by atoms with E-state index in [4.69, 9.17) is 9.26 Å². The standard InChI is InChI=1S/C15H20N2O2/c1-12(16-2)3-4-13-5-7-14(8-6-13)18-11-15-9-10-17-19-15/h5-10,12,16H,3-4,11H2,1-2H3. The zero-order valence-corrected chi connectivity index (χ0v) is 11.4. The third-order valence-electron chi connectivity index (χ3n) is 3.15. The van der Waals surface area contributed by atoms with Crippen LogP contribution in [0.25, 0.3) is 0 Å². The van der Waals surface area contributed by atoms with E-state index >= 15 is 0 Å². The number of ether oxygens (including phenoxy) is 1. The maximum Gasteiger partial charge on any atom is 0.174 e. The van der Waals surface area contributed by atoms with Crippen molar-refractivity contribution in [3.63, 3.8) is 0 Å². The third kappa shape index (κ3) is 4.41. The summed E-state index contributed by atoms with van der Waals surface area (Å²) in [5.41, 5.74) is 1.33. The van der Waals surface area contributed by atoms with Gasteiger partial charge in [-0.25, -0.2) is 0 Å². The van der Waals surface area contributed by atoms with Crippen molar-refractivity contribution in [3.8, 4) is 5.75 Å². The van der Waals surface area contributed by atoms with E-state index in [-0.39, 0.29) is 0 Å². The number of benzene rings is 1. The van der Waals surface area contributed by atoms with E-state index < -0.39 is 0 Å². The lowest BCUT2D eigenvalue weighted by molar-refractivity contribution is 0.249. The van der Waals surface area contributed by atoms with Crippen molar-refractivity contribution in [2.24, 2.45) is 0 Å². The molecule has 0 radical (unpaired) electrons. The first-order chi connectivity index (χ1) is 9.28. The first-order valence-electron chi connectivity index (χ1n) is 6.56. The Balaban J connectivity index is 1.81. The molecule has 2 aromatic rings. The monoisotopic (exact) mass is 260 g/mol. The largest absolute Gasteiger partial charge is 0.486 e. The van der Waals surface area contributed by atoms with Crippen LogP contribution in [0.4, 0.5) is 0 Å². The van der Waals surface area contributed by atoms with Crippen LogP contribution in [0.2, 0.25) is 0 Å².